The molecule has 0 spiro atoms. The molecule has 2 N–H and O–H groups in total. The van der Waals surface area contributed by atoms with Crippen molar-refractivity contribution in [3.63, 3.8) is 0 Å². The number of aliphatic imine (C=N–C) groups is 1. The van der Waals surface area contributed by atoms with Crippen molar-refractivity contribution in [2.75, 3.05) is 13.6 Å². The fourth-order valence-corrected chi connectivity index (χ4v) is 2.57. The van der Waals surface area contributed by atoms with E-state index in [1.54, 1.807) is 25.4 Å². The first kappa shape index (κ1) is 22.1. The first-order chi connectivity index (χ1) is 11.6. The molecule has 0 atom stereocenters. The molecule has 0 unspecified atom stereocenters. The van der Waals surface area contributed by atoms with Crippen LogP contribution in [0.1, 0.15) is 17.5 Å². The Morgan fingerprint density at radius 3 is 2.72 bits per heavy atom. The van der Waals surface area contributed by atoms with Crippen LogP contribution >= 0.6 is 51.5 Å². The molecule has 0 saturated carbocycles. The summed E-state index contributed by atoms with van der Waals surface area (Å²) in [5, 5.41) is 6.88. The van der Waals surface area contributed by atoms with E-state index in [1.807, 2.05) is 12.1 Å². The van der Waals surface area contributed by atoms with Crippen LogP contribution in [-0.2, 0) is 13.0 Å². The molecule has 2 aromatic rings. The summed E-state index contributed by atoms with van der Waals surface area (Å²) in [5.74, 6) is 0.517. The number of hydrogen-bond donors (Lipinski definition) is 2. The summed E-state index contributed by atoms with van der Waals surface area (Å²) in [7, 11) is 1.71. The van der Waals surface area contributed by atoms with Crippen molar-refractivity contribution in [2.45, 2.75) is 19.4 Å². The Morgan fingerprint density at radius 1 is 1.28 bits per heavy atom. The molecule has 25 heavy (non-hydrogen) atoms. The molecule has 1 heterocycles. The molecule has 1 aromatic carbocycles. The van der Waals surface area contributed by atoms with Gasteiger partial charge in [-0.2, -0.15) is 0 Å². The van der Waals surface area contributed by atoms with Crippen molar-refractivity contribution in [1.82, 2.24) is 15.6 Å². The lowest BCUT2D eigenvalue weighted by molar-refractivity contribution is 0.602. The maximum atomic E-state index is 13.7. The summed E-state index contributed by atoms with van der Waals surface area (Å²) in [6.07, 6.45) is 3.20. The van der Waals surface area contributed by atoms with E-state index in [2.05, 4.69) is 36.5 Å². The van der Waals surface area contributed by atoms with Crippen LogP contribution in [0.3, 0.4) is 0 Å². The van der Waals surface area contributed by atoms with Gasteiger partial charge >= 0.3 is 0 Å². The van der Waals surface area contributed by atoms with Gasteiger partial charge in [-0.3, -0.25) is 4.99 Å². The second-order valence-corrected chi connectivity index (χ2v) is 6.48. The lowest BCUT2D eigenvalue weighted by Crippen LogP contribution is -2.37. The summed E-state index contributed by atoms with van der Waals surface area (Å²) in [6, 6.07) is 8.81. The number of aromatic nitrogens is 1. The third-order valence-corrected chi connectivity index (χ3v) is 4.12. The van der Waals surface area contributed by atoms with Gasteiger partial charge in [-0.25, -0.2) is 9.37 Å². The molecule has 0 aliphatic heterocycles. The minimum Gasteiger partial charge on any atom is -0.356 e. The first-order valence-electron chi connectivity index (χ1n) is 7.57. The average Bonchev–Trinajstić information content (AvgIpc) is 2.57. The van der Waals surface area contributed by atoms with E-state index in [0.717, 1.165) is 22.0 Å². The highest BCUT2D eigenvalue weighted by molar-refractivity contribution is 14.0. The number of benzene rings is 1. The van der Waals surface area contributed by atoms with Crippen LogP contribution in [0.15, 0.2) is 46.0 Å². The van der Waals surface area contributed by atoms with Crippen molar-refractivity contribution in [1.29, 1.82) is 0 Å². The average molecular weight is 542 g/mol. The molecule has 4 nitrogen and oxygen atoms in total. The molecule has 8 heteroatoms. The number of nitrogens with zero attached hydrogens (tertiary/aromatic N) is 2. The summed E-state index contributed by atoms with van der Waals surface area (Å²) in [6.45, 7) is 1.30. The number of halogens is 4. The molecule has 0 aliphatic rings. The molecule has 136 valence electrons. The third-order valence-electron chi connectivity index (χ3n) is 3.40. The van der Waals surface area contributed by atoms with Gasteiger partial charge in [0, 0.05) is 30.8 Å². The number of nitrogens with one attached hydrogen (secondary N) is 2. The Labute approximate surface area is 177 Å². The number of pyridine rings is 1. The van der Waals surface area contributed by atoms with Gasteiger partial charge in [0.15, 0.2) is 5.96 Å². The van der Waals surface area contributed by atoms with Gasteiger partial charge < -0.3 is 10.6 Å². The van der Waals surface area contributed by atoms with Crippen LogP contribution in [0.25, 0.3) is 0 Å². The first-order valence-corrected chi connectivity index (χ1v) is 8.74. The Kier molecular flexibility index (Phi) is 10.3. The van der Waals surface area contributed by atoms with Crippen molar-refractivity contribution in [3.8, 4) is 0 Å². The highest BCUT2D eigenvalue weighted by Crippen LogP contribution is 2.16. The largest absolute Gasteiger partial charge is 0.356 e. The molecule has 0 aliphatic carbocycles. The van der Waals surface area contributed by atoms with Crippen LogP contribution in [0, 0.1) is 5.82 Å². The van der Waals surface area contributed by atoms with Gasteiger partial charge in [-0.15, -0.1) is 24.0 Å². The monoisotopic (exact) mass is 540 g/mol. The highest BCUT2D eigenvalue weighted by Gasteiger charge is 2.03. The second kappa shape index (κ2) is 11.6. The molecular formula is C17H20BrClFIN4. The lowest BCUT2D eigenvalue weighted by atomic mass is 10.1. The minimum absolute atomic E-state index is 0. The smallest absolute Gasteiger partial charge is 0.191 e. The number of hydrogen-bond acceptors (Lipinski definition) is 2. The molecule has 0 radical (unpaired) electrons. The predicted molar refractivity (Wildman–Crippen MR) is 115 cm³/mol. The zero-order chi connectivity index (χ0) is 17.4. The zero-order valence-corrected chi connectivity index (χ0v) is 18.4. The van der Waals surface area contributed by atoms with E-state index < -0.39 is 0 Å². The van der Waals surface area contributed by atoms with E-state index in [9.17, 15) is 4.39 Å². The fourth-order valence-electron chi connectivity index (χ4n) is 2.13. The van der Waals surface area contributed by atoms with E-state index in [4.69, 9.17) is 11.6 Å². The normalized spacial score (nSPS) is 11.0. The maximum absolute atomic E-state index is 13.7. The standard InChI is InChI=1S/C17H19BrClFN4.HI/c1-21-17(24-11-12-4-7-16(19)23-10-12)22-8-2-3-13-5-6-14(18)9-15(13)20;/h4-7,9-10H,2-3,8,11H2,1H3,(H2,21,22,24);1H. The molecule has 0 amide bonds. The molecule has 1 aromatic heterocycles. The van der Waals surface area contributed by atoms with Gasteiger partial charge in [0.1, 0.15) is 11.0 Å². The molecule has 0 fully saturated rings. The molecule has 0 bridgehead atoms. The van der Waals surface area contributed by atoms with Crippen LogP contribution in [-0.4, -0.2) is 24.5 Å². The zero-order valence-electron chi connectivity index (χ0n) is 13.7. The molecule has 2 rings (SSSR count). The summed E-state index contributed by atoms with van der Waals surface area (Å²) >= 11 is 9.02. The SMILES string of the molecule is CN=C(NCCCc1ccc(Br)cc1F)NCc1ccc(Cl)nc1.I. The predicted octanol–water partition coefficient (Wildman–Crippen LogP) is 4.55. The van der Waals surface area contributed by atoms with Gasteiger partial charge in [0.05, 0.1) is 0 Å². The third kappa shape index (κ3) is 7.87. The summed E-state index contributed by atoms with van der Waals surface area (Å²) < 4.78 is 14.5. The second-order valence-electron chi connectivity index (χ2n) is 5.18. The molecule has 0 saturated heterocycles. The molecular weight excluding hydrogens is 521 g/mol. The van der Waals surface area contributed by atoms with Gasteiger partial charge in [-0.05, 0) is 42.2 Å². The number of guanidine groups is 1. The van der Waals surface area contributed by atoms with E-state index in [0.29, 0.717) is 30.6 Å². The van der Waals surface area contributed by atoms with Crippen molar-refractivity contribution in [2.24, 2.45) is 4.99 Å². The summed E-state index contributed by atoms with van der Waals surface area (Å²) in [5.41, 5.74) is 1.73. The lowest BCUT2D eigenvalue weighted by Gasteiger charge is -2.12. The highest BCUT2D eigenvalue weighted by atomic mass is 127. The van der Waals surface area contributed by atoms with E-state index in [-0.39, 0.29) is 29.8 Å². The van der Waals surface area contributed by atoms with E-state index >= 15 is 0 Å². The van der Waals surface area contributed by atoms with Gasteiger partial charge in [-0.1, -0.05) is 39.7 Å². The topological polar surface area (TPSA) is 49.3 Å². The van der Waals surface area contributed by atoms with Crippen LogP contribution < -0.4 is 10.6 Å². The number of aryl methyl sites for hydroxylation is 1. The van der Waals surface area contributed by atoms with Crippen molar-refractivity contribution >= 4 is 57.5 Å². The van der Waals surface area contributed by atoms with Crippen molar-refractivity contribution in [3.05, 3.63) is 63.1 Å². The van der Waals surface area contributed by atoms with Crippen molar-refractivity contribution < 1.29 is 4.39 Å². The Balaban J connectivity index is 0.00000312. The maximum Gasteiger partial charge on any atom is 0.191 e. The Bertz CT molecular complexity index is 698. The van der Waals surface area contributed by atoms with Crippen LogP contribution in [0.2, 0.25) is 5.15 Å². The Hall–Kier alpha value is -0.930. The van der Waals surface area contributed by atoms with Crippen LogP contribution in [0.5, 0.6) is 0 Å². The fraction of sp³-hybridized carbons (Fsp3) is 0.294. The number of rotatable bonds is 6. The quantitative estimate of drug-likeness (QED) is 0.186. The summed E-state index contributed by atoms with van der Waals surface area (Å²) in [4.78, 5) is 8.19. The van der Waals surface area contributed by atoms with E-state index in [1.165, 1.54) is 6.07 Å². The minimum atomic E-state index is -0.179. The van der Waals surface area contributed by atoms with Gasteiger partial charge in [0.25, 0.3) is 0 Å². The van der Waals surface area contributed by atoms with Gasteiger partial charge in [0.2, 0.25) is 0 Å². The van der Waals surface area contributed by atoms with Crippen LogP contribution in [0.4, 0.5) is 4.39 Å². The Morgan fingerprint density at radius 2 is 2.08 bits per heavy atom.